The summed E-state index contributed by atoms with van der Waals surface area (Å²) >= 11 is 0. The first kappa shape index (κ1) is 10.6. The van der Waals surface area contributed by atoms with E-state index in [0.29, 0.717) is 12.6 Å². The zero-order valence-corrected chi connectivity index (χ0v) is 8.72. The van der Waals surface area contributed by atoms with Crippen molar-refractivity contribution in [1.29, 1.82) is 0 Å². The molecule has 5 nitrogen and oxygen atoms in total. The Morgan fingerprint density at radius 1 is 1.67 bits per heavy atom. The van der Waals surface area contributed by atoms with Gasteiger partial charge in [-0.3, -0.25) is 4.68 Å². The number of ether oxygens (including phenoxy) is 1. The number of nitrogens with zero attached hydrogens (tertiary/aromatic N) is 2. The highest BCUT2D eigenvalue weighted by atomic mass is 16.5. The fourth-order valence-corrected chi connectivity index (χ4v) is 1.68. The average Bonchev–Trinajstić information content (AvgIpc) is 2.85. The lowest BCUT2D eigenvalue weighted by Crippen LogP contribution is -2.28. The number of hydrogen-bond acceptors (Lipinski definition) is 4. The molecule has 0 saturated carbocycles. The highest BCUT2D eigenvalue weighted by Gasteiger charge is 2.14. The molecule has 0 aliphatic carbocycles. The summed E-state index contributed by atoms with van der Waals surface area (Å²) in [5.74, 6) is 0. The van der Waals surface area contributed by atoms with E-state index >= 15 is 0 Å². The van der Waals surface area contributed by atoms with Crippen molar-refractivity contribution in [1.82, 2.24) is 15.1 Å². The quantitative estimate of drug-likeness (QED) is 0.705. The first-order chi connectivity index (χ1) is 7.38. The van der Waals surface area contributed by atoms with Crippen LogP contribution in [0, 0.1) is 0 Å². The lowest BCUT2D eigenvalue weighted by Gasteiger charge is -2.08. The third-order valence-corrected chi connectivity index (χ3v) is 2.54. The molecule has 0 aromatic carbocycles. The molecule has 2 N–H and O–H groups in total. The zero-order chi connectivity index (χ0) is 10.5. The van der Waals surface area contributed by atoms with Gasteiger partial charge in [0.25, 0.3) is 0 Å². The van der Waals surface area contributed by atoms with Gasteiger partial charge in [0.15, 0.2) is 0 Å². The van der Waals surface area contributed by atoms with Gasteiger partial charge in [0.05, 0.1) is 26.0 Å². The molecule has 1 aromatic rings. The molecule has 2 rings (SSSR count). The third-order valence-electron chi connectivity index (χ3n) is 2.54. The van der Waals surface area contributed by atoms with Crippen molar-refractivity contribution in [3.63, 3.8) is 0 Å². The first-order valence-corrected chi connectivity index (χ1v) is 5.32. The second-order valence-corrected chi connectivity index (χ2v) is 3.78. The predicted molar refractivity (Wildman–Crippen MR) is 55.4 cm³/mol. The molecule has 1 aliphatic rings. The Balaban J connectivity index is 1.77. The Hall–Kier alpha value is -0.910. The van der Waals surface area contributed by atoms with Crippen LogP contribution in [0.25, 0.3) is 0 Å². The van der Waals surface area contributed by atoms with Gasteiger partial charge in [-0.15, -0.1) is 0 Å². The highest BCUT2D eigenvalue weighted by Crippen LogP contribution is 2.05. The number of aliphatic hydroxyl groups is 1. The van der Waals surface area contributed by atoms with Gasteiger partial charge in [-0.2, -0.15) is 5.10 Å². The first-order valence-electron chi connectivity index (χ1n) is 5.32. The number of rotatable bonds is 5. The SMILES string of the molecule is OCCn1cc(CNC2CCOC2)cn1. The zero-order valence-electron chi connectivity index (χ0n) is 8.72. The van der Waals surface area contributed by atoms with Crippen molar-refractivity contribution in [3.05, 3.63) is 18.0 Å². The standard InChI is InChI=1S/C10H17N3O2/c14-3-2-13-7-9(6-12-13)5-11-10-1-4-15-8-10/h6-7,10-11,14H,1-5,8H2. The summed E-state index contributed by atoms with van der Waals surface area (Å²) in [6, 6.07) is 0.478. The van der Waals surface area contributed by atoms with Crippen LogP contribution < -0.4 is 5.32 Å². The fourth-order valence-electron chi connectivity index (χ4n) is 1.68. The maximum atomic E-state index is 8.74. The molecular formula is C10H17N3O2. The van der Waals surface area contributed by atoms with E-state index in [1.54, 1.807) is 4.68 Å². The summed E-state index contributed by atoms with van der Waals surface area (Å²) in [6.07, 6.45) is 4.88. The minimum absolute atomic E-state index is 0.130. The van der Waals surface area contributed by atoms with E-state index < -0.39 is 0 Å². The molecule has 1 atom stereocenters. The fraction of sp³-hybridized carbons (Fsp3) is 0.700. The van der Waals surface area contributed by atoms with Gasteiger partial charge in [-0.05, 0) is 6.42 Å². The summed E-state index contributed by atoms with van der Waals surface area (Å²) in [5, 5.41) is 16.3. The molecular weight excluding hydrogens is 194 g/mol. The van der Waals surface area contributed by atoms with E-state index in [-0.39, 0.29) is 6.61 Å². The summed E-state index contributed by atoms with van der Waals surface area (Å²) < 4.78 is 7.03. The van der Waals surface area contributed by atoms with Crippen molar-refractivity contribution < 1.29 is 9.84 Å². The molecule has 1 aliphatic heterocycles. The van der Waals surface area contributed by atoms with Gasteiger partial charge in [-0.25, -0.2) is 0 Å². The highest BCUT2D eigenvalue weighted by molar-refractivity contribution is 5.03. The minimum atomic E-state index is 0.130. The molecule has 1 fully saturated rings. The summed E-state index contributed by atoms with van der Waals surface area (Å²) in [4.78, 5) is 0. The molecule has 1 saturated heterocycles. The normalized spacial score (nSPS) is 21.0. The van der Waals surface area contributed by atoms with Gasteiger partial charge in [0, 0.05) is 31.0 Å². The monoisotopic (exact) mass is 211 g/mol. The lowest BCUT2D eigenvalue weighted by atomic mass is 10.2. The lowest BCUT2D eigenvalue weighted by molar-refractivity contribution is 0.190. The molecule has 5 heteroatoms. The van der Waals surface area contributed by atoms with Crippen LogP contribution in [0.15, 0.2) is 12.4 Å². The maximum absolute atomic E-state index is 8.74. The Labute approximate surface area is 89.0 Å². The summed E-state index contributed by atoms with van der Waals surface area (Å²) in [7, 11) is 0. The number of aromatic nitrogens is 2. The molecule has 1 aromatic heterocycles. The van der Waals surface area contributed by atoms with Crippen LogP contribution in [-0.2, 0) is 17.8 Å². The van der Waals surface area contributed by atoms with Crippen LogP contribution >= 0.6 is 0 Å². The van der Waals surface area contributed by atoms with Crippen molar-refractivity contribution in [2.45, 2.75) is 25.6 Å². The van der Waals surface area contributed by atoms with Crippen molar-refractivity contribution in [2.75, 3.05) is 19.8 Å². The van der Waals surface area contributed by atoms with E-state index in [1.165, 1.54) is 0 Å². The predicted octanol–water partition coefficient (Wildman–Crippen LogP) is -0.246. The van der Waals surface area contributed by atoms with Gasteiger partial charge in [0.2, 0.25) is 0 Å². The van der Waals surface area contributed by atoms with E-state index in [1.807, 2.05) is 12.4 Å². The molecule has 15 heavy (non-hydrogen) atoms. The van der Waals surface area contributed by atoms with E-state index in [4.69, 9.17) is 9.84 Å². The van der Waals surface area contributed by atoms with Gasteiger partial charge in [0.1, 0.15) is 0 Å². The molecule has 0 radical (unpaired) electrons. The largest absolute Gasteiger partial charge is 0.394 e. The summed E-state index contributed by atoms with van der Waals surface area (Å²) in [5.41, 5.74) is 1.15. The van der Waals surface area contributed by atoms with Gasteiger partial charge in [-0.1, -0.05) is 0 Å². The number of nitrogens with one attached hydrogen (secondary N) is 1. The Bertz CT molecular complexity index is 295. The van der Waals surface area contributed by atoms with E-state index in [2.05, 4.69) is 10.4 Å². The van der Waals surface area contributed by atoms with Crippen LogP contribution in [0.3, 0.4) is 0 Å². The number of aliphatic hydroxyl groups excluding tert-OH is 1. The molecule has 0 amide bonds. The molecule has 2 heterocycles. The topological polar surface area (TPSA) is 59.3 Å². The van der Waals surface area contributed by atoms with Crippen molar-refractivity contribution >= 4 is 0 Å². The number of hydrogen-bond donors (Lipinski definition) is 2. The Morgan fingerprint density at radius 3 is 3.33 bits per heavy atom. The van der Waals surface area contributed by atoms with Gasteiger partial charge >= 0.3 is 0 Å². The maximum Gasteiger partial charge on any atom is 0.0640 e. The molecule has 0 spiro atoms. The van der Waals surface area contributed by atoms with Crippen LogP contribution in [0.1, 0.15) is 12.0 Å². The molecule has 84 valence electrons. The minimum Gasteiger partial charge on any atom is -0.394 e. The Morgan fingerprint density at radius 2 is 2.60 bits per heavy atom. The second kappa shape index (κ2) is 5.25. The van der Waals surface area contributed by atoms with Crippen LogP contribution in [0.5, 0.6) is 0 Å². The molecule has 1 unspecified atom stereocenters. The van der Waals surface area contributed by atoms with E-state index in [0.717, 1.165) is 31.7 Å². The second-order valence-electron chi connectivity index (χ2n) is 3.78. The Kier molecular flexibility index (Phi) is 3.71. The molecule has 0 bridgehead atoms. The van der Waals surface area contributed by atoms with Crippen LogP contribution in [0.4, 0.5) is 0 Å². The smallest absolute Gasteiger partial charge is 0.0640 e. The van der Waals surface area contributed by atoms with Crippen LogP contribution in [0.2, 0.25) is 0 Å². The van der Waals surface area contributed by atoms with Crippen molar-refractivity contribution in [2.24, 2.45) is 0 Å². The summed E-state index contributed by atoms with van der Waals surface area (Å²) in [6.45, 7) is 3.18. The van der Waals surface area contributed by atoms with Crippen LogP contribution in [-0.4, -0.2) is 40.7 Å². The third kappa shape index (κ3) is 3.02. The van der Waals surface area contributed by atoms with E-state index in [9.17, 15) is 0 Å². The van der Waals surface area contributed by atoms with Crippen molar-refractivity contribution in [3.8, 4) is 0 Å². The average molecular weight is 211 g/mol. The van der Waals surface area contributed by atoms with Gasteiger partial charge < -0.3 is 15.2 Å².